The topological polar surface area (TPSA) is 66.1 Å². The van der Waals surface area contributed by atoms with Crippen LogP contribution in [-0.2, 0) is 17.8 Å². The molecule has 0 bridgehead atoms. The average molecular weight is 356 g/mol. The number of fused-ring (bicyclic) bond motifs is 1. The van der Waals surface area contributed by atoms with Crippen LogP contribution in [0.4, 0.5) is 0 Å². The van der Waals surface area contributed by atoms with Gasteiger partial charge < -0.3 is 9.88 Å². The van der Waals surface area contributed by atoms with Gasteiger partial charge in [0.05, 0.1) is 23.9 Å². The normalized spacial score (nSPS) is 10.8. The quantitative estimate of drug-likeness (QED) is 0.764. The highest BCUT2D eigenvalue weighted by molar-refractivity contribution is 6.31. The van der Waals surface area contributed by atoms with Crippen LogP contribution in [-0.4, -0.2) is 27.3 Å². The second-order valence-corrected chi connectivity index (χ2v) is 6.11. The van der Waals surface area contributed by atoms with Gasteiger partial charge in [-0.15, -0.1) is 0 Å². The number of carbonyl (C=O) groups excluding carboxylic acids is 1. The summed E-state index contributed by atoms with van der Waals surface area (Å²) in [5, 5.41) is 1.11. The highest BCUT2D eigenvalue weighted by atomic mass is 35.5. The number of hydrogen-bond donors (Lipinski definition) is 1. The number of likely N-dealkylation sites (N-methyl/N-ethyl adjacent to an activating group) is 1. The molecule has 2 aromatic carbocycles. The zero-order valence-electron chi connectivity index (χ0n) is 13.8. The first-order chi connectivity index (χ1) is 12.1. The van der Waals surface area contributed by atoms with Crippen LogP contribution in [0.2, 0.25) is 5.02 Å². The predicted octanol–water partition coefficient (Wildman–Crippen LogP) is 3.17. The molecular weight excluding hydrogens is 338 g/mol. The molecule has 128 valence electrons. The zero-order chi connectivity index (χ0) is 17.8. The maximum Gasteiger partial charge on any atom is 0.258 e. The van der Waals surface area contributed by atoms with Crippen molar-refractivity contribution in [2.45, 2.75) is 19.9 Å². The number of halogens is 1. The Labute approximate surface area is 150 Å². The molecular formula is C19H18ClN3O2. The summed E-state index contributed by atoms with van der Waals surface area (Å²) in [6, 6.07) is 14.4. The van der Waals surface area contributed by atoms with E-state index in [1.807, 2.05) is 31.2 Å². The SMILES string of the molecule is CCN(Cc1nc2ccccc2c(=O)[nH]1)C(=O)Cc1ccccc1Cl. The first-order valence-corrected chi connectivity index (χ1v) is 8.45. The third kappa shape index (κ3) is 3.88. The molecule has 0 saturated heterocycles. The summed E-state index contributed by atoms with van der Waals surface area (Å²) in [6.45, 7) is 2.66. The molecule has 0 aliphatic carbocycles. The van der Waals surface area contributed by atoms with E-state index in [9.17, 15) is 9.59 Å². The summed E-state index contributed by atoms with van der Waals surface area (Å²) in [4.78, 5) is 33.6. The molecule has 0 radical (unpaired) electrons. The van der Waals surface area contributed by atoms with E-state index in [-0.39, 0.29) is 24.4 Å². The molecule has 0 atom stereocenters. The number of nitrogens with one attached hydrogen (secondary N) is 1. The highest BCUT2D eigenvalue weighted by Gasteiger charge is 2.16. The summed E-state index contributed by atoms with van der Waals surface area (Å²) in [5.74, 6) is 0.407. The van der Waals surface area contributed by atoms with Gasteiger partial charge in [-0.1, -0.05) is 41.9 Å². The first kappa shape index (κ1) is 17.2. The average Bonchev–Trinajstić information content (AvgIpc) is 2.61. The van der Waals surface area contributed by atoms with Crippen molar-refractivity contribution in [1.29, 1.82) is 0 Å². The Bertz CT molecular complexity index is 968. The van der Waals surface area contributed by atoms with Crippen molar-refractivity contribution in [3.63, 3.8) is 0 Å². The molecule has 0 aliphatic rings. The van der Waals surface area contributed by atoms with Gasteiger partial charge in [-0.05, 0) is 30.7 Å². The van der Waals surface area contributed by atoms with Crippen molar-refractivity contribution in [1.82, 2.24) is 14.9 Å². The number of para-hydroxylation sites is 1. The van der Waals surface area contributed by atoms with Gasteiger partial charge in [0, 0.05) is 11.6 Å². The summed E-state index contributed by atoms with van der Waals surface area (Å²) in [5.41, 5.74) is 1.21. The van der Waals surface area contributed by atoms with Gasteiger partial charge in [0.1, 0.15) is 5.82 Å². The van der Waals surface area contributed by atoms with Gasteiger partial charge in [0.15, 0.2) is 0 Å². The number of amides is 1. The lowest BCUT2D eigenvalue weighted by atomic mass is 10.1. The lowest BCUT2D eigenvalue weighted by Crippen LogP contribution is -2.33. The Balaban J connectivity index is 1.81. The van der Waals surface area contributed by atoms with Gasteiger partial charge in [0.2, 0.25) is 5.91 Å². The Morgan fingerprint density at radius 3 is 2.64 bits per heavy atom. The minimum atomic E-state index is -0.199. The third-order valence-corrected chi connectivity index (χ3v) is 4.41. The van der Waals surface area contributed by atoms with Gasteiger partial charge in [-0.2, -0.15) is 0 Å². The van der Waals surface area contributed by atoms with Crippen molar-refractivity contribution in [3.05, 3.63) is 75.3 Å². The van der Waals surface area contributed by atoms with Crippen LogP contribution in [0, 0.1) is 0 Å². The second-order valence-electron chi connectivity index (χ2n) is 5.71. The fourth-order valence-corrected chi connectivity index (χ4v) is 2.89. The number of rotatable bonds is 5. The molecule has 1 heterocycles. The monoisotopic (exact) mass is 355 g/mol. The van der Waals surface area contributed by atoms with E-state index in [1.165, 1.54) is 0 Å². The first-order valence-electron chi connectivity index (χ1n) is 8.07. The number of benzene rings is 2. The fourth-order valence-electron chi connectivity index (χ4n) is 2.68. The lowest BCUT2D eigenvalue weighted by Gasteiger charge is -2.20. The number of aromatic nitrogens is 2. The van der Waals surface area contributed by atoms with E-state index in [0.717, 1.165) is 5.56 Å². The summed E-state index contributed by atoms with van der Waals surface area (Å²) >= 11 is 6.13. The zero-order valence-corrected chi connectivity index (χ0v) is 14.6. The van der Waals surface area contributed by atoms with Gasteiger partial charge >= 0.3 is 0 Å². The summed E-state index contributed by atoms with van der Waals surface area (Å²) < 4.78 is 0. The molecule has 3 rings (SSSR count). The predicted molar refractivity (Wildman–Crippen MR) is 98.6 cm³/mol. The highest BCUT2D eigenvalue weighted by Crippen LogP contribution is 2.16. The molecule has 0 aliphatic heterocycles. The molecule has 3 aromatic rings. The molecule has 0 saturated carbocycles. The van der Waals surface area contributed by atoms with E-state index in [4.69, 9.17) is 11.6 Å². The van der Waals surface area contributed by atoms with Crippen LogP contribution in [0.3, 0.4) is 0 Å². The Hall–Kier alpha value is -2.66. The van der Waals surface area contributed by atoms with Crippen LogP contribution in [0.5, 0.6) is 0 Å². The third-order valence-electron chi connectivity index (χ3n) is 4.04. The molecule has 1 amide bonds. The van der Waals surface area contributed by atoms with E-state index < -0.39 is 0 Å². The minimum absolute atomic E-state index is 0.0635. The van der Waals surface area contributed by atoms with Crippen molar-refractivity contribution >= 4 is 28.4 Å². The van der Waals surface area contributed by atoms with Gasteiger partial charge in [-0.3, -0.25) is 9.59 Å². The summed E-state index contributed by atoms with van der Waals surface area (Å²) in [6.07, 6.45) is 0.214. The largest absolute Gasteiger partial charge is 0.335 e. The summed E-state index contributed by atoms with van der Waals surface area (Å²) in [7, 11) is 0. The number of hydrogen-bond acceptors (Lipinski definition) is 3. The van der Waals surface area contributed by atoms with Crippen molar-refractivity contribution in [2.75, 3.05) is 6.54 Å². The van der Waals surface area contributed by atoms with E-state index in [1.54, 1.807) is 29.2 Å². The van der Waals surface area contributed by atoms with Crippen LogP contribution in [0.15, 0.2) is 53.3 Å². The van der Waals surface area contributed by atoms with Crippen molar-refractivity contribution in [2.24, 2.45) is 0 Å². The number of nitrogens with zero attached hydrogens (tertiary/aromatic N) is 2. The molecule has 25 heavy (non-hydrogen) atoms. The lowest BCUT2D eigenvalue weighted by molar-refractivity contribution is -0.131. The molecule has 0 spiro atoms. The Kier molecular flexibility index (Phi) is 5.14. The van der Waals surface area contributed by atoms with Crippen LogP contribution in [0.1, 0.15) is 18.3 Å². The molecule has 0 unspecified atom stereocenters. The van der Waals surface area contributed by atoms with E-state index in [2.05, 4.69) is 9.97 Å². The smallest absolute Gasteiger partial charge is 0.258 e. The molecule has 6 heteroatoms. The number of carbonyl (C=O) groups is 1. The van der Waals surface area contributed by atoms with Crippen LogP contribution >= 0.6 is 11.6 Å². The maximum absolute atomic E-state index is 12.6. The van der Waals surface area contributed by atoms with Gasteiger partial charge in [0.25, 0.3) is 5.56 Å². The van der Waals surface area contributed by atoms with Crippen LogP contribution < -0.4 is 5.56 Å². The molecule has 1 aromatic heterocycles. The minimum Gasteiger partial charge on any atom is -0.335 e. The Morgan fingerprint density at radius 2 is 1.88 bits per heavy atom. The van der Waals surface area contributed by atoms with E-state index in [0.29, 0.717) is 28.3 Å². The molecule has 5 nitrogen and oxygen atoms in total. The molecule has 0 fully saturated rings. The second kappa shape index (κ2) is 7.49. The molecule has 1 N–H and O–H groups in total. The van der Waals surface area contributed by atoms with Crippen LogP contribution in [0.25, 0.3) is 10.9 Å². The van der Waals surface area contributed by atoms with Crippen molar-refractivity contribution in [3.8, 4) is 0 Å². The fraction of sp³-hybridized carbons (Fsp3) is 0.211. The Morgan fingerprint density at radius 1 is 1.16 bits per heavy atom. The standard InChI is InChI=1S/C19H18ClN3O2/c1-2-23(18(24)11-13-7-3-5-9-15(13)20)12-17-21-16-10-6-4-8-14(16)19(25)22-17/h3-10H,2,11-12H2,1H3,(H,21,22,25). The maximum atomic E-state index is 12.6. The van der Waals surface area contributed by atoms with Gasteiger partial charge in [-0.25, -0.2) is 4.98 Å². The van der Waals surface area contributed by atoms with Crippen molar-refractivity contribution < 1.29 is 4.79 Å². The number of H-pyrrole nitrogens is 1. The number of aromatic amines is 1. The van der Waals surface area contributed by atoms with E-state index >= 15 is 0 Å².